The number of fused-ring (bicyclic) bond motifs is 1. The Labute approximate surface area is 124 Å². The van der Waals surface area contributed by atoms with E-state index in [1.807, 2.05) is 56.3 Å². The molecule has 1 unspecified atom stereocenters. The molecule has 0 saturated carbocycles. The molecule has 3 rings (SSSR count). The van der Waals surface area contributed by atoms with Crippen LogP contribution in [0.3, 0.4) is 0 Å². The standard InChI is InChI=1S/C18H18O3/c1-3-20-14-9-12(2)17-16(10-14)21-11-15(18(17)19)13-7-5-4-6-8-13/h4-10,15H,3,11H2,1-2H3. The fourth-order valence-electron chi connectivity index (χ4n) is 2.76. The van der Waals surface area contributed by atoms with Crippen LogP contribution in [-0.4, -0.2) is 19.0 Å². The molecule has 0 aromatic heterocycles. The quantitative estimate of drug-likeness (QED) is 0.860. The monoisotopic (exact) mass is 282 g/mol. The largest absolute Gasteiger partial charge is 0.494 e. The lowest BCUT2D eigenvalue weighted by molar-refractivity contribution is 0.0895. The van der Waals surface area contributed by atoms with Crippen molar-refractivity contribution in [3.8, 4) is 11.5 Å². The van der Waals surface area contributed by atoms with Gasteiger partial charge in [-0.05, 0) is 31.0 Å². The highest BCUT2D eigenvalue weighted by Gasteiger charge is 2.31. The second kappa shape index (κ2) is 5.60. The topological polar surface area (TPSA) is 35.5 Å². The van der Waals surface area contributed by atoms with Gasteiger partial charge in [-0.1, -0.05) is 30.3 Å². The zero-order valence-electron chi connectivity index (χ0n) is 12.3. The molecule has 0 N–H and O–H groups in total. The number of carbonyl (C=O) groups excluding carboxylic acids is 1. The maximum atomic E-state index is 12.8. The molecule has 1 heterocycles. The molecule has 2 aromatic carbocycles. The van der Waals surface area contributed by atoms with Gasteiger partial charge in [0.2, 0.25) is 0 Å². The minimum atomic E-state index is -0.227. The molecule has 21 heavy (non-hydrogen) atoms. The van der Waals surface area contributed by atoms with Gasteiger partial charge < -0.3 is 9.47 Å². The van der Waals surface area contributed by atoms with E-state index >= 15 is 0 Å². The lowest BCUT2D eigenvalue weighted by Crippen LogP contribution is -2.26. The first-order chi connectivity index (χ1) is 10.2. The average molecular weight is 282 g/mol. The number of ether oxygens (including phenoxy) is 2. The normalized spacial score (nSPS) is 17.0. The van der Waals surface area contributed by atoms with Crippen molar-refractivity contribution < 1.29 is 14.3 Å². The summed E-state index contributed by atoms with van der Waals surface area (Å²) in [5, 5.41) is 0. The van der Waals surface area contributed by atoms with Crippen LogP contribution in [0.4, 0.5) is 0 Å². The van der Waals surface area contributed by atoms with E-state index in [-0.39, 0.29) is 11.7 Å². The van der Waals surface area contributed by atoms with Crippen molar-refractivity contribution in [3.63, 3.8) is 0 Å². The van der Waals surface area contributed by atoms with Gasteiger partial charge in [-0.15, -0.1) is 0 Å². The number of rotatable bonds is 3. The minimum Gasteiger partial charge on any atom is -0.494 e. The van der Waals surface area contributed by atoms with Crippen LogP contribution in [0.25, 0.3) is 0 Å². The summed E-state index contributed by atoms with van der Waals surface area (Å²) in [6.07, 6.45) is 0. The first-order valence-electron chi connectivity index (χ1n) is 7.20. The van der Waals surface area contributed by atoms with E-state index in [1.54, 1.807) is 0 Å². The summed E-state index contributed by atoms with van der Waals surface area (Å²) in [5.41, 5.74) is 2.58. The summed E-state index contributed by atoms with van der Waals surface area (Å²) in [6.45, 7) is 4.84. The molecule has 3 heteroatoms. The molecule has 2 aromatic rings. The van der Waals surface area contributed by atoms with Crippen LogP contribution in [0.5, 0.6) is 11.5 Å². The van der Waals surface area contributed by atoms with Crippen LogP contribution in [-0.2, 0) is 0 Å². The molecule has 1 aliphatic rings. The second-order valence-corrected chi connectivity index (χ2v) is 5.18. The molecule has 1 atom stereocenters. The predicted molar refractivity (Wildman–Crippen MR) is 81.4 cm³/mol. The molecule has 0 saturated heterocycles. The van der Waals surface area contributed by atoms with Crippen LogP contribution in [0.2, 0.25) is 0 Å². The maximum absolute atomic E-state index is 12.8. The number of benzene rings is 2. The third-order valence-electron chi connectivity index (χ3n) is 3.75. The zero-order chi connectivity index (χ0) is 14.8. The molecule has 0 spiro atoms. The van der Waals surface area contributed by atoms with E-state index in [4.69, 9.17) is 9.47 Å². The van der Waals surface area contributed by atoms with Gasteiger partial charge in [0.1, 0.15) is 18.1 Å². The van der Waals surface area contributed by atoms with Gasteiger partial charge in [-0.3, -0.25) is 4.79 Å². The molecule has 0 aliphatic carbocycles. The minimum absolute atomic E-state index is 0.128. The number of ketones is 1. The van der Waals surface area contributed by atoms with Crippen molar-refractivity contribution in [2.24, 2.45) is 0 Å². The Morgan fingerprint density at radius 3 is 2.71 bits per heavy atom. The second-order valence-electron chi connectivity index (χ2n) is 5.18. The molecule has 0 amide bonds. The van der Waals surface area contributed by atoms with Gasteiger partial charge in [0.15, 0.2) is 5.78 Å². The summed E-state index contributed by atoms with van der Waals surface area (Å²) in [5.74, 6) is 1.29. The van der Waals surface area contributed by atoms with Gasteiger partial charge in [-0.25, -0.2) is 0 Å². The fourth-order valence-corrected chi connectivity index (χ4v) is 2.76. The van der Waals surface area contributed by atoms with Gasteiger partial charge in [-0.2, -0.15) is 0 Å². The van der Waals surface area contributed by atoms with E-state index in [9.17, 15) is 4.79 Å². The molecule has 3 nitrogen and oxygen atoms in total. The SMILES string of the molecule is CCOc1cc(C)c2c(c1)OCC(c1ccccc1)C2=O. The van der Waals surface area contributed by atoms with E-state index < -0.39 is 0 Å². The van der Waals surface area contributed by atoms with Crippen molar-refractivity contribution in [2.45, 2.75) is 19.8 Å². The Balaban J connectivity index is 1.99. The fraction of sp³-hybridized carbons (Fsp3) is 0.278. The Kier molecular flexibility index (Phi) is 3.65. The Bertz CT molecular complexity index is 662. The van der Waals surface area contributed by atoms with Gasteiger partial charge in [0.25, 0.3) is 0 Å². The highest BCUT2D eigenvalue weighted by atomic mass is 16.5. The third kappa shape index (κ3) is 2.51. The number of hydrogen-bond acceptors (Lipinski definition) is 3. The number of Topliss-reactive ketones (excluding diaryl/α,β-unsaturated/α-hetero) is 1. The van der Waals surface area contributed by atoms with Crippen molar-refractivity contribution in [1.29, 1.82) is 0 Å². The first-order valence-corrected chi connectivity index (χ1v) is 7.20. The summed E-state index contributed by atoms with van der Waals surface area (Å²) < 4.78 is 11.3. The van der Waals surface area contributed by atoms with Crippen LogP contribution >= 0.6 is 0 Å². The molecule has 0 radical (unpaired) electrons. The number of aryl methyl sites for hydroxylation is 1. The summed E-state index contributed by atoms with van der Waals surface area (Å²) >= 11 is 0. The van der Waals surface area contributed by atoms with Gasteiger partial charge in [0.05, 0.1) is 18.1 Å². The highest BCUT2D eigenvalue weighted by molar-refractivity contribution is 6.05. The molecule has 1 aliphatic heterocycles. The van der Waals surface area contributed by atoms with Crippen molar-refractivity contribution in [3.05, 3.63) is 59.2 Å². The van der Waals surface area contributed by atoms with Crippen LogP contribution in [0.1, 0.15) is 34.3 Å². The smallest absolute Gasteiger partial charge is 0.177 e. The molecular formula is C18H18O3. The first kappa shape index (κ1) is 13.7. The molecule has 108 valence electrons. The van der Waals surface area contributed by atoms with Crippen LogP contribution < -0.4 is 9.47 Å². The number of hydrogen-bond donors (Lipinski definition) is 0. The zero-order valence-corrected chi connectivity index (χ0v) is 12.3. The third-order valence-corrected chi connectivity index (χ3v) is 3.75. The molecule has 0 bridgehead atoms. The summed E-state index contributed by atoms with van der Waals surface area (Å²) in [6, 6.07) is 13.5. The average Bonchev–Trinajstić information content (AvgIpc) is 2.48. The van der Waals surface area contributed by atoms with Gasteiger partial charge in [0, 0.05) is 6.07 Å². The van der Waals surface area contributed by atoms with E-state index in [0.29, 0.717) is 24.5 Å². The Morgan fingerprint density at radius 1 is 1.24 bits per heavy atom. The predicted octanol–water partition coefficient (Wildman–Crippen LogP) is 3.75. The lowest BCUT2D eigenvalue weighted by atomic mass is 9.87. The van der Waals surface area contributed by atoms with Crippen molar-refractivity contribution >= 4 is 5.78 Å². The highest BCUT2D eigenvalue weighted by Crippen LogP contribution is 2.37. The summed E-state index contributed by atoms with van der Waals surface area (Å²) in [4.78, 5) is 12.8. The van der Waals surface area contributed by atoms with E-state index in [0.717, 1.165) is 16.9 Å². The van der Waals surface area contributed by atoms with Crippen LogP contribution in [0.15, 0.2) is 42.5 Å². The van der Waals surface area contributed by atoms with E-state index in [1.165, 1.54) is 0 Å². The molecular weight excluding hydrogens is 264 g/mol. The lowest BCUT2D eigenvalue weighted by Gasteiger charge is -2.26. The van der Waals surface area contributed by atoms with Crippen molar-refractivity contribution in [1.82, 2.24) is 0 Å². The summed E-state index contributed by atoms with van der Waals surface area (Å²) in [7, 11) is 0. The molecule has 0 fully saturated rings. The Morgan fingerprint density at radius 2 is 2.00 bits per heavy atom. The maximum Gasteiger partial charge on any atom is 0.177 e. The number of carbonyl (C=O) groups is 1. The van der Waals surface area contributed by atoms with Crippen LogP contribution in [0, 0.1) is 6.92 Å². The van der Waals surface area contributed by atoms with Crippen molar-refractivity contribution in [2.75, 3.05) is 13.2 Å². The van der Waals surface area contributed by atoms with Gasteiger partial charge >= 0.3 is 0 Å². The van der Waals surface area contributed by atoms with E-state index in [2.05, 4.69) is 0 Å². The Hall–Kier alpha value is -2.29.